The van der Waals surface area contributed by atoms with Gasteiger partial charge in [0.15, 0.2) is 0 Å². The van der Waals surface area contributed by atoms with Gasteiger partial charge in [-0.25, -0.2) is 4.98 Å². The van der Waals surface area contributed by atoms with E-state index in [0.717, 1.165) is 12.1 Å². The van der Waals surface area contributed by atoms with Crippen molar-refractivity contribution in [3.63, 3.8) is 0 Å². The molecule has 0 bridgehead atoms. The Kier molecular flexibility index (Phi) is 4.65. The van der Waals surface area contributed by atoms with Crippen LogP contribution in [0.1, 0.15) is 31.2 Å². The van der Waals surface area contributed by atoms with Crippen molar-refractivity contribution < 1.29 is 0 Å². The smallest absolute Gasteiger partial charge is 0.108 e. The molecular formula is C16H23N3S. The van der Waals surface area contributed by atoms with Crippen molar-refractivity contribution in [3.8, 4) is 0 Å². The number of thiazole rings is 1. The maximum atomic E-state index is 4.70. The van der Waals surface area contributed by atoms with Crippen LogP contribution in [0.2, 0.25) is 0 Å². The number of nitrogens with zero attached hydrogens (tertiary/aromatic N) is 2. The van der Waals surface area contributed by atoms with Gasteiger partial charge in [0.1, 0.15) is 5.01 Å². The maximum Gasteiger partial charge on any atom is 0.108 e. The third kappa shape index (κ3) is 3.37. The van der Waals surface area contributed by atoms with Gasteiger partial charge in [-0.2, -0.15) is 0 Å². The van der Waals surface area contributed by atoms with E-state index < -0.39 is 0 Å². The highest BCUT2D eigenvalue weighted by Crippen LogP contribution is 2.21. The van der Waals surface area contributed by atoms with E-state index in [1.807, 2.05) is 11.3 Å². The van der Waals surface area contributed by atoms with Gasteiger partial charge in [0.2, 0.25) is 0 Å². The maximum absolute atomic E-state index is 4.70. The van der Waals surface area contributed by atoms with Crippen LogP contribution in [0.15, 0.2) is 24.3 Å². The Labute approximate surface area is 125 Å². The largest absolute Gasteiger partial charge is 0.308 e. The fourth-order valence-electron chi connectivity index (χ4n) is 2.90. The highest BCUT2D eigenvalue weighted by molar-refractivity contribution is 7.18. The van der Waals surface area contributed by atoms with Crippen LogP contribution in [0.3, 0.4) is 0 Å². The molecule has 2 heterocycles. The van der Waals surface area contributed by atoms with E-state index in [9.17, 15) is 0 Å². The zero-order chi connectivity index (χ0) is 13.8. The summed E-state index contributed by atoms with van der Waals surface area (Å²) >= 11 is 1.81. The Morgan fingerprint density at radius 1 is 1.30 bits per heavy atom. The highest BCUT2D eigenvalue weighted by atomic mass is 32.1. The minimum absolute atomic E-state index is 0.651. The Hall–Kier alpha value is -0.970. The molecule has 0 radical (unpaired) electrons. The molecule has 1 atom stereocenters. The topological polar surface area (TPSA) is 28.2 Å². The van der Waals surface area contributed by atoms with Gasteiger partial charge < -0.3 is 10.2 Å². The van der Waals surface area contributed by atoms with Gasteiger partial charge >= 0.3 is 0 Å². The number of rotatable bonds is 4. The molecule has 1 N–H and O–H groups in total. The van der Waals surface area contributed by atoms with Crippen LogP contribution in [0.5, 0.6) is 0 Å². The molecule has 1 aromatic heterocycles. The molecule has 0 saturated carbocycles. The van der Waals surface area contributed by atoms with Crippen LogP contribution in [0.25, 0.3) is 10.2 Å². The van der Waals surface area contributed by atoms with Crippen LogP contribution in [0, 0.1) is 0 Å². The first-order chi connectivity index (χ1) is 9.85. The molecular weight excluding hydrogens is 266 g/mol. The van der Waals surface area contributed by atoms with Crippen LogP contribution in [-0.2, 0) is 6.54 Å². The van der Waals surface area contributed by atoms with Gasteiger partial charge in [-0.15, -0.1) is 11.3 Å². The summed E-state index contributed by atoms with van der Waals surface area (Å²) in [7, 11) is 0. The van der Waals surface area contributed by atoms with E-state index in [0.29, 0.717) is 6.04 Å². The lowest BCUT2D eigenvalue weighted by Crippen LogP contribution is -2.30. The second-order valence-corrected chi connectivity index (χ2v) is 6.63. The monoisotopic (exact) mass is 289 g/mol. The number of para-hydroxylation sites is 1. The van der Waals surface area contributed by atoms with Crippen molar-refractivity contribution in [2.24, 2.45) is 0 Å². The standard InChI is InChI=1S/C16H23N3S/c1-2-19-10-5-6-13(9-11-19)17-12-16-18-14-7-3-4-8-15(14)20-16/h3-4,7-8,13,17H,2,5-6,9-12H2,1H3. The number of fused-ring (bicyclic) bond motifs is 1. The van der Waals surface area contributed by atoms with E-state index >= 15 is 0 Å². The summed E-state index contributed by atoms with van der Waals surface area (Å²) in [4.78, 5) is 7.25. The SMILES string of the molecule is CCN1CCCC(NCc2nc3ccccc3s2)CC1. The number of hydrogen-bond donors (Lipinski definition) is 1. The Balaban J connectivity index is 1.56. The third-order valence-corrected chi connectivity index (χ3v) is 5.18. The predicted octanol–water partition coefficient (Wildman–Crippen LogP) is 3.26. The molecule has 1 saturated heterocycles. The summed E-state index contributed by atoms with van der Waals surface area (Å²) in [5.41, 5.74) is 1.13. The summed E-state index contributed by atoms with van der Waals surface area (Å²) < 4.78 is 1.29. The molecule has 108 valence electrons. The van der Waals surface area contributed by atoms with E-state index in [1.54, 1.807) is 0 Å². The summed E-state index contributed by atoms with van der Waals surface area (Å²) in [6, 6.07) is 9.05. The first-order valence-electron chi connectivity index (χ1n) is 7.65. The number of hydrogen-bond acceptors (Lipinski definition) is 4. The Morgan fingerprint density at radius 3 is 3.05 bits per heavy atom. The number of nitrogens with one attached hydrogen (secondary N) is 1. The molecule has 1 unspecified atom stereocenters. The summed E-state index contributed by atoms with van der Waals surface area (Å²) in [5.74, 6) is 0. The summed E-state index contributed by atoms with van der Waals surface area (Å²) in [6.07, 6.45) is 3.87. The molecule has 20 heavy (non-hydrogen) atoms. The molecule has 0 aliphatic carbocycles. The van der Waals surface area contributed by atoms with Crippen LogP contribution in [0.4, 0.5) is 0 Å². The van der Waals surface area contributed by atoms with Crippen molar-refractivity contribution in [2.45, 2.75) is 38.8 Å². The quantitative estimate of drug-likeness (QED) is 0.936. The lowest BCUT2D eigenvalue weighted by atomic mass is 10.1. The predicted molar refractivity (Wildman–Crippen MR) is 86.2 cm³/mol. The Bertz CT molecular complexity index is 518. The third-order valence-electron chi connectivity index (χ3n) is 4.15. The molecule has 1 aliphatic rings. The average molecular weight is 289 g/mol. The summed E-state index contributed by atoms with van der Waals surface area (Å²) in [6.45, 7) is 6.85. The van der Waals surface area contributed by atoms with Gasteiger partial charge in [0.25, 0.3) is 0 Å². The summed E-state index contributed by atoms with van der Waals surface area (Å²) in [5, 5.41) is 4.92. The molecule has 3 rings (SSSR count). The second-order valence-electron chi connectivity index (χ2n) is 5.52. The molecule has 0 spiro atoms. The van der Waals surface area contributed by atoms with E-state index in [2.05, 4.69) is 41.4 Å². The number of aromatic nitrogens is 1. The molecule has 2 aromatic rings. The van der Waals surface area contributed by atoms with Crippen LogP contribution in [-0.4, -0.2) is 35.6 Å². The zero-order valence-electron chi connectivity index (χ0n) is 12.1. The Morgan fingerprint density at radius 2 is 2.20 bits per heavy atom. The number of benzene rings is 1. The first kappa shape index (κ1) is 14.0. The minimum atomic E-state index is 0.651. The fraction of sp³-hybridized carbons (Fsp3) is 0.562. The van der Waals surface area contributed by atoms with E-state index in [1.165, 1.54) is 48.6 Å². The van der Waals surface area contributed by atoms with Crippen LogP contribution < -0.4 is 5.32 Å². The normalized spacial score (nSPS) is 21.1. The molecule has 4 heteroatoms. The molecule has 1 aromatic carbocycles. The van der Waals surface area contributed by atoms with Crippen molar-refractivity contribution in [3.05, 3.63) is 29.3 Å². The van der Waals surface area contributed by atoms with Gasteiger partial charge in [-0.1, -0.05) is 19.1 Å². The van der Waals surface area contributed by atoms with Crippen molar-refractivity contribution in [2.75, 3.05) is 19.6 Å². The zero-order valence-corrected chi connectivity index (χ0v) is 13.0. The molecule has 1 fully saturated rings. The molecule has 1 aliphatic heterocycles. The van der Waals surface area contributed by atoms with Gasteiger partial charge in [-0.3, -0.25) is 0 Å². The van der Waals surface area contributed by atoms with Gasteiger partial charge in [0, 0.05) is 12.6 Å². The van der Waals surface area contributed by atoms with E-state index in [4.69, 9.17) is 4.98 Å². The fourth-order valence-corrected chi connectivity index (χ4v) is 3.82. The number of likely N-dealkylation sites (tertiary alicyclic amines) is 1. The lowest BCUT2D eigenvalue weighted by Gasteiger charge is -2.18. The van der Waals surface area contributed by atoms with Gasteiger partial charge in [-0.05, 0) is 51.0 Å². The average Bonchev–Trinajstić information content (AvgIpc) is 2.75. The molecule has 3 nitrogen and oxygen atoms in total. The van der Waals surface area contributed by atoms with Crippen LogP contribution >= 0.6 is 11.3 Å². The lowest BCUT2D eigenvalue weighted by molar-refractivity contribution is 0.297. The highest BCUT2D eigenvalue weighted by Gasteiger charge is 2.15. The minimum Gasteiger partial charge on any atom is -0.308 e. The van der Waals surface area contributed by atoms with E-state index in [-0.39, 0.29) is 0 Å². The van der Waals surface area contributed by atoms with Crippen molar-refractivity contribution >= 4 is 21.6 Å². The second kappa shape index (κ2) is 6.66. The molecule has 0 amide bonds. The first-order valence-corrected chi connectivity index (χ1v) is 8.47. The van der Waals surface area contributed by atoms with Crippen molar-refractivity contribution in [1.29, 1.82) is 0 Å². The van der Waals surface area contributed by atoms with Crippen molar-refractivity contribution in [1.82, 2.24) is 15.2 Å². The van der Waals surface area contributed by atoms with Gasteiger partial charge in [0.05, 0.1) is 10.2 Å².